The van der Waals surface area contributed by atoms with Gasteiger partial charge >= 0.3 is 0 Å². The van der Waals surface area contributed by atoms with Crippen molar-refractivity contribution in [2.45, 2.75) is 26.4 Å². The summed E-state index contributed by atoms with van der Waals surface area (Å²) in [6.45, 7) is 7.70. The molecule has 3 heteroatoms. The predicted octanol–water partition coefficient (Wildman–Crippen LogP) is 1.04. The van der Waals surface area contributed by atoms with Crippen LogP contribution >= 0.6 is 0 Å². The number of hydrogen-bond acceptors (Lipinski definition) is 3. The van der Waals surface area contributed by atoms with E-state index in [2.05, 4.69) is 12.2 Å². The van der Waals surface area contributed by atoms with Gasteiger partial charge in [-0.1, -0.05) is 6.92 Å². The van der Waals surface area contributed by atoms with Crippen molar-refractivity contribution in [3.63, 3.8) is 0 Å². The lowest BCUT2D eigenvalue weighted by molar-refractivity contribution is 0.00844. The molecule has 0 heterocycles. The van der Waals surface area contributed by atoms with Crippen LogP contribution in [0, 0.1) is 0 Å². The largest absolute Gasteiger partial charge is 0.382 e. The summed E-state index contributed by atoms with van der Waals surface area (Å²) in [5.41, 5.74) is 0. The molecule has 74 valence electrons. The van der Waals surface area contributed by atoms with Crippen molar-refractivity contribution in [3.05, 3.63) is 0 Å². The normalized spacial score (nSPS) is 13.2. The molecular weight excluding hydrogens is 154 g/mol. The van der Waals surface area contributed by atoms with Gasteiger partial charge < -0.3 is 14.8 Å². The summed E-state index contributed by atoms with van der Waals surface area (Å²) < 4.78 is 10.4. The minimum atomic E-state index is 0.219. The first kappa shape index (κ1) is 11.9. The first-order valence-corrected chi connectivity index (χ1v) is 4.62. The molecule has 0 aliphatic rings. The Morgan fingerprint density at radius 3 is 2.75 bits per heavy atom. The van der Waals surface area contributed by atoms with Gasteiger partial charge in [-0.05, 0) is 26.4 Å². The quantitative estimate of drug-likeness (QED) is 0.559. The Hall–Kier alpha value is -0.120. The fourth-order valence-corrected chi connectivity index (χ4v) is 0.941. The monoisotopic (exact) mass is 175 g/mol. The van der Waals surface area contributed by atoms with Crippen molar-refractivity contribution in [1.82, 2.24) is 5.32 Å². The molecule has 0 aromatic rings. The summed E-state index contributed by atoms with van der Waals surface area (Å²) in [7, 11) is 1.69. The van der Waals surface area contributed by atoms with Crippen LogP contribution in [-0.4, -0.2) is 39.5 Å². The van der Waals surface area contributed by atoms with Crippen molar-refractivity contribution in [1.29, 1.82) is 0 Å². The molecule has 1 N–H and O–H groups in total. The van der Waals surface area contributed by atoms with Crippen molar-refractivity contribution >= 4 is 0 Å². The lowest BCUT2D eigenvalue weighted by Gasteiger charge is -2.11. The van der Waals surface area contributed by atoms with E-state index < -0.39 is 0 Å². The topological polar surface area (TPSA) is 30.5 Å². The van der Waals surface area contributed by atoms with Gasteiger partial charge in [-0.2, -0.15) is 0 Å². The minimum Gasteiger partial charge on any atom is -0.382 e. The third-order valence-electron chi connectivity index (χ3n) is 1.55. The second-order valence-corrected chi connectivity index (χ2v) is 2.84. The third kappa shape index (κ3) is 7.98. The molecule has 3 nitrogen and oxygen atoms in total. The number of hydrogen-bond donors (Lipinski definition) is 1. The Morgan fingerprint density at radius 2 is 2.17 bits per heavy atom. The van der Waals surface area contributed by atoms with Crippen LogP contribution in [0.15, 0.2) is 0 Å². The van der Waals surface area contributed by atoms with E-state index in [-0.39, 0.29) is 6.10 Å². The molecular formula is C9H21NO2. The molecule has 0 spiro atoms. The zero-order chi connectivity index (χ0) is 9.23. The molecule has 0 aromatic heterocycles. The lowest BCUT2D eigenvalue weighted by atomic mass is 10.4. The van der Waals surface area contributed by atoms with E-state index in [4.69, 9.17) is 9.47 Å². The Kier molecular flexibility index (Phi) is 8.88. The molecule has 0 rings (SSSR count). The van der Waals surface area contributed by atoms with E-state index in [0.717, 1.165) is 26.1 Å². The second-order valence-electron chi connectivity index (χ2n) is 2.84. The Bertz CT molecular complexity index is 88.6. The van der Waals surface area contributed by atoms with Crippen molar-refractivity contribution < 1.29 is 9.47 Å². The molecule has 0 radical (unpaired) electrons. The highest BCUT2D eigenvalue weighted by Crippen LogP contribution is 1.91. The van der Waals surface area contributed by atoms with E-state index in [1.54, 1.807) is 7.11 Å². The average Bonchev–Trinajstić information content (AvgIpc) is 2.05. The summed E-state index contributed by atoms with van der Waals surface area (Å²) in [6, 6.07) is 0. The Labute approximate surface area is 75.4 Å². The summed E-state index contributed by atoms with van der Waals surface area (Å²) in [5, 5.41) is 3.24. The van der Waals surface area contributed by atoms with Crippen LogP contribution in [0.25, 0.3) is 0 Å². The number of nitrogens with one attached hydrogen (secondary N) is 1. The molecule has 0 saturated heterocycles. The maximum absolute atomic E-state index is 5.46. The summed E-state index contributed by atoms with van der Waals surface area (Å²) in [6.07, 6.45) is 1.29. The van der Waals surface area contributed by atoms with E-state index >= 15 is 0 Å². The van der Waals surface area contributed by atoms with E-state index in [1.165, 1.54) is 0 Å². The zero-order valence-electron chi connectivity index (χ0n) is 8.43. The molecule has 1 unspecified atom stereocenters. The van der Waals surface area contributed by atoms with Crippen molar-refractivity contribution in [2.24, 2.45) is 0 Å². The minimum absolute atomic E-state index is 0.219. The van der Waals surface area contributed by atoms with Gasteiger partial charge in [0.25, 0.3) is 0 Å². The summed E-state index contributed by atoms with van der Waals surface area (Å²) >= 11 is 0. The first-order chi connectivity index (χ1) is 5.81. The van der Waals surface area contributed by atoms with Crippen LogP contribution in [0.3, 0.4) is 0 Å². The summed E-state index contributed by atoms with van der Waals surface area (Å²) in [4.78, 5) is 0. The number of methoxy groups -OCH3 is 1. The molecule has 0 aromatic carbocycles. The average molecular weight is 175 g/mol. The van der Waals surface area contributed by atoms with Crippen LogP contribution in [0.1, 0.15) is 20.3 Å². The fraction of sp³-hybridized carbons (Fsp3) is 1.00. The van der Waals surface area contributed by atoms with Crippen molar-refractivity contribution in [3.8, 4) is 0 Å². The number of ether oxygens (including phenoxy) is 2. The standard InChI is InChI=1S/C9H21NO2/c1-4-10-6-5-7-12-9(2)8-11-3/h9-10H,4-8H2,1-3H3. The lowest BCUT2D eigenvalue weighted by Crippen LogP contribution is -2.19. The van der Waals surface area contributed by atoms with Gasteiger partial charge in [0.2, 0.25) is 0 Å². The fourth-order valence-electron chi connectivity index (χ4n) is 0.941. The van der Waals surface area contributed by atoms with Crippen LogP contribution in [-0.2, 0) is 9.47 Å². The van der Waals surface area contributed by atoms with Gasteiger partial charge in [0, 0.05) is 13.7 Å². The SMILES string of the molecule is CCNCCCOC(C)COC. The summed E-state index contributed by atoms with van der Waals surface area (Å²) in [5.74, 6) is 0. The van der Waals surface area contributed by atoms with Gasteiger partial charge in [-0.3, -0.25) is 0 Å². The molecule has 0 saturated carbocycles. The maximum Gasteiger partial charge on any atom is 0.0780 e. The van der Waals surface area contributed by atoms with Gasteiger partial charge in [0.05, 0.1) is 12.7 Å². The highest BCUT2D eigenvalue weighted by Gasteiger charge is 1.99. The van der Waals surface area contributed by atoms with Gasteiger partial charge in [-0.25, -0.2) is 0 Å². The predicted molar refractivity (Wildman–Crippen MR) is 50.5 cm³/mol. The Balaban J connectivity index is 2.97. The second kappa shape index (κ2) is 8.97. The van der Waals surface area contributed by atoms with Gasteiger partial charge in [0.15, 0.2) is 0 Å². The highest BCUT2D eigenvalue weighted by molar-refractivity contribution is 4.48. The van der Waals surface area contributed by atoms with E-state index in [0.29, 0.717) is 6.61 Å². The van der Waals surface area contributed by atoms with Crippen molar-refractivity contribution in [2.75, 3.05) is 33.4 Å². The Morgan fingerprint density at radius 1 is 1.42 bits per heavy atom. The van der Waals surface area contributed by atoms with Crippen LogP contribution in [0.4, 0.5) is 0 Å². The first-order valence-electron chi connectivity index (χ1n) is 4.62. The van der Waals surface area contributed by atoms with Crippen LogP contribution in [0.2, 0.25) is 0 Å². The van der Waals surface area contributed by atoms with E-state index in [9.17, 15) is 0 Å². The molecule has 0 amide bonds. The molecule has 0 fully saturated rings. The molecule has 12 heavy (non-hydrogen) atoms. The van der Waals surface area contributed by atoms with Gasteiger partial charge in [0.1, 0.15) is 0 Å². The highest BCUT2D eigenvalue weighted by atomic mass is 16.5. The smallest absolute Gasteiger partial charge is 0.0780 e. The molecule has 0 aliphatic carbocycles. The molecule has 0 aliphatic heterocycles. The number of rotatable bonds is 8. The zero-order valence-corrected chi connectivity index (χ0v) is 8.43. The van der Waals surface area contributed by atoms with Crippen LogP contribution in [0.5, 0.6) is 0 Å². The molecule has 0 bridgehead atoms. The maximum atomic E-state index is 5.46. The van der Waals surface area contributed by atoms with Crippen LogP contribution < -0.4 is 5.32 Å². The van der Waals surface area contributed by atoms with E-state index in [1.807, 2.05) is 6.92 Å². The third-order valence-corrected chi connectivity index (χ3v) is 1.55. The van der Waals surface area contributed by atoms with Gasteiger partial charge in [-0.15, -0.1) is 0 Å². The molecule has 1 atom stereocenters.